The maximum absolute atomic E-state index is 8.96. The fourth-order valence-corrected chi connectivity index (χ4v) is 0.895. The molecule has 4 unspecified atom stereocenters. The Morgan fingerprint density at radius 3 is 1.00 bits per heavy atom. The van der Waals surface area contributed by atoms with Gasteiger partial charge in [-0.1, -0.05) is 0 Å². The first-order valence-electron chi connectivity index (χ1n) is 5.61. The Morgan fingerprint density at radius 2 is 0.833 bits per heavy atom. The fraction of sp³-hybridized carbons (Fsp3) is 1.00. The van der Waals surface area contributed by atoms with Gasteiger partial charge in [-0.2, -0.15) is 0 Å². The predicted octanol–water partition coefficient (Wildman–Crippen LogP) is -3.83. The molecule has 0 aliphatic heterocycles. The highest BCUT2D eigenvalue weighted by Gasteiger charge is 2.29. The molecule has 0 spiro atoms. The van der Waals surface area contributed by atoms with Gasteiger partial charge in [-0.3, -0.25) is 0 Å². The van der Waals surface area contributed by atoms with Crippen molar-refractivity contribution in [1.29, 1.82) is 0 Å². The van der Waals surface area contributed by atoms with Gasteiger partial charge in [0.2, 0.25) is 0 Å². The minimum Gasteiger partial charge on any atom is -0.396 e. The van der Waals surface area contributed by atoms with Crippen LogP contribution in [0, 0.1) is 0 Å². The van der Waals surface area contributed by atoms with Gasteiger partial charge < -0.3 is 40.9 Å². The zero-order valence-electron chi connectivity index (χ0n) is 10.1. The van der Waals surface area contributed by atoms with Gasteiger partial charge in [0.05, 0.1) is 13.2 Å². The first-order valence-corrected chi connectivity index (χ1v) is 5.61. The molecule has 8 nitrogen and oxygen atoms in total. The molecule has 0 saturated carbocycles. The third-order valence-corrected chi connectivity index (χ3v) is 2.08. The van der Waals surface area contributed by atoms with E-state index in [4.69, 9.17) is 40.9 Å². The third-order valence-electron chi connectivity index (χ3n) is 2.08. The Bertz CT molecular complexity index is 150. The van der Waals surface area contributed by atoms with Crippen LogP contribution < -0.4 is 0 Å². The Labute approximate surface area is 105 Å². The Morgan fingerprint density at radius 1 is 0.556 bits per heavy atom. The molecule has 0 bridgehead atoms. The summed E-state index contributed by atoms with van der Waals surface area (Å²) in [6, 6.07) is 0. The standard InChI is InChI=1S/C6H14O6.C4H10O2/c7-1-3(9)5(11)6(12)4(10)2-8;5-3-1-2-4-6/h3-12H,1-2H2;5-6H,1-4H2. The minimum absolute atomic E-state index is 0.195. The monoisotopic (exact) mass is 272 g/mol. The average Bonchev–Trinajstić information content (AvgIpc) is 2.42. The SMILES string of the molecule is OCC(O)C(O)C(O)C(O)CO.OCCCCO. The quantitative estimate of drug-likeness (QED) is 0.208. The van der Waals surface area contributed by atoms with Crippen LogP contribution in [0.3, 0.4) is 0 Å². The average molecular weight is 272 g/mol. The van der Waals surface area contributed by atoms with Crippen LogP contribution >= 0.6 is 0 Å². The van der Waals surface area contributed by atoms with Crippen LogP contribution in [-0.2, 0) is 0 Å². The van der Waals surface area contributed by atoms with Gasteiger partial charge in [-0.25, -0.2) is 0 Å². The molecule has 0 heterocycles. The molecule has 0 radical (unpaired) electrons. The van der Waals surface area contributed by atoms with E-state index < -0.39 is 37.6 Å². The fourth-order valence-electron chi connectivity index (χ4n) is 0.895. The minimum atomic E-state index is -1.67. The number of aliphatic hydroxyl groups excluding tert-OH is 8. The van der Waals surface area contributed by atoms with Gasteiger partial charge in [-0.15, -0.1) is 0 Å². The summed E-state index contributed by atoms with van der Waals surface area (Å²) in [6.45, 7) is -1.06. The van der Waals surface area contributed by atoms with E-state index >= 15 is 0 Å². The Balaban J connectivity index is 0. The zero-order chi connectivity index (χ0) is 14.6. The van der Waals surface area contributed by atoms with Crippen LogP contribution in [0.25, 0.3) is 0 Å². The molecule has 0 fully saturated rings. The lowest BCUT2D eigenvalue weighted by Crippen LogP contribution is -2.46. The molecule has 0 aliphatic carbocycles. The van der Waals surface area contributed by atoms with Crippen LogP contribution in [0.2, 0.25) is 0 Å². The molecule has 0 rings (SSSR count). The summed E-state index contributed by atoms with van der Waals surface area (Å²) in [4.78, 5) is 0. The summed E-state index contributed by atoms with van der Waals surface area (Å²) in [5.74, 6) is 0. The van der Waals surface area contributed by atoms with E-state index in [9.17, 15) is 0 Å². The van der Waals surface area contributed by atoms with E-state index in [0.717, 1.165) is 12.8 Å². The van der Waals surface area contributed by atoms with Crippen molar-refractivity contribution in [2.45, 2.75) is 37.3 Å². The predicted molar refractivity (Wildman–Crippen MR) is 61.6 cm³/mol. The van der Waals surface area contributed by atoms with Gasteiger partial charge in [0, 0.05) is 13.2 Å². The normalized spacial score (nSPS) is 17.3. The van der Waals surface area contributed by atoms with Crippen molar-refractivity contribution in [3.05, 3.63) is 0 Å². The second-order valence-electron chi connectivity index (χ2n) is 3.64. The molecule has 112 valence electrons. The van der Waals surface area contributed by atoms with Crippen molar-refractivity contribution in [2.24, 2.45) is 0 Å². The van der Waals surface area contributed by atoms with Crippen molar-refractivity contribution in [2.75, 3.05) is 26.4 Å². The topological polar surface area (TPSA) is 162 Å². The second kappa shape index (κ2) is 13.1. The summed E-state index contributed by atoms with van der Waals surface area (Å²) >= 11 is 0. The third kappa shape index (κ3) is 9.68. The lowest BCUT2D eigenvalue weighted by atomic mass is 10.0. The summed E-state index contributed by atoms with van der Waals surface area (Å²) in [5, 5.41) is 68.3. The largest absolute Gasteiger partial charge is 0.396 e. The van der Waals surface area contributed by atoms with Crippen molar-refractivity contribution < 1.29 is 40.9 Å². The van der Waals surface area contributed by atoms with Crippen molar-refractivity contribution >= 4 is 0 Å². The van der Waals surface area contributed by atoms with E-state index in [1.54, 1.807) is 0 Å². The van der Waals surface area contributed by atoms with Gasteiger partial charge in [0.25, 0.3) is 0 Å². The highest BCUT2D eigenvalue weighted by molar-refractivity contribution is 4.79. The van der Waals surface area contributed by atoms with Gasteiger partial charge >= 0.3 is 0 Å². The molecular weight excluding hydrogens is 248 g/mol. The van der Waals surface area contributed by atoms with E-state index in [1.165, 1.54) is 0 Å². The van der Waals surface area contributed by atoms with Gasteiger partial charge in [0.15, 0.2) is 0 Å². The van der Waals surface area contributed by atoms with E-state index in [2.05, 4.69) is 0 Å². The molecular formula is C10H24O8. The molecule has 0 aromatic rings. The summed E-state index contributed by atoms with van der Waals surface area (Å²) in [5.41, 5.74) is 0. The number of unbranched alkanes of at least 4 members (excludes halogenated alkanes) is 1. The van der Waals surface area contributed by atoms with Crippen molar-refractivity contribution in [1.82, 2.24) is 0 Å². The summed E-state index contributed by atoms with van der Waals surface area (Å²) in [7, 11) is 0. The van der Waals surface area contributed by atoms with Crippen LogP contribution in [0.4, 0.5) is 0 Å². The van der Waals surface area contributed by atoms with Crippen LogP contribution in [-0.4, -0.2) is 91.7 Å². The maximum atomic E-state index is 8.96. The van der Waals surface area contributed by atoms with E-state index in [0.29, 0.717) is 0 Å². The van der Waals surface area contributed by atoms with Crippen molar-refractivity contribution in [3.8, 4) is 0 Å². The summed E-state index contributed by atoms with van der Waals surface area (Å²) in [6.07, 6.45) is -4.95. The maximum Gasteiger partial charge on any atom is 0.111 e. The number of aliphatic hydroxyl groups is 8. The first-order chi connectivity index (χ1) is 8.45. The molecule has 18 heavy (non-hydrogen) atoms. The van der Waals surface area contributed by atoms with Crippen molar-refractivity contribution in [3.63, 3.8) is 0 Å². The van der Waals surface area contributed by atoms with E-state index in [-0.39, 0.29) is 13.2 Å². The molecule has 0 aliphatic rings. The van der Waals surface area contributed by atoms with Crippen LogP contribution in [0.1, 0.15) is 12.8 Å². The molecule has 0 amide bonds. The van der Waals surface area contributed by atoms with Crippen LogP contribution in [0.15, 0.2) is 0 Å². The number of hydrogen-bond donors (Lipinski definition) is 8. The van der Waals surface area contributed by atoms with E-state index in [1.807, 2.05) is 0 Å². The molecule has 8 N–H and O–H groups in total. The molecule has 0 saturated heterocycles. The Kier molecular flexibility index (Phi) is 14.6. The van der Waals surface area contributed by atoms with Gasteiger partial charge in [-0.05, 0) is 12.8 Å². The molecule has 0 aromatic heterocycles. The number of rotatable bonds is 8. The first kappa shape index (κ1) is 20.0. The lowest BCUT2D eigenvalue weighted by Gasteiger charge is -2.24. The number of hydrogen-bond acceptors (Lipinski definition) is 8. The zero-order valence-corrected chi connectivity index (χ0v) is 10.1. The summed E-state index contributed by atoms with van der Waals surface area (Å²) < 4.78 is 0. The molecule has 4 atom stereocenters. The lowest BCUT2D eigenvalue weighted by molar-refractivity contribution is -0.123. The van der Waals surface area contributed by atoms with Gasteiger partial charge in [0.1, 0.15) is 24.4 Å². The van der Waals surface area contributed by atoms with Crippen LogP contribution in [0.5, 0.6) is 0 Å². The second-order valence-corrected chi connectivity index (χ2v) is 3.64. The highest BCUT2D eigenvalue weighted by atomic mass is 16.4. The molecule has 8 heteroatoms. The smallest absolute Gasteiger partial charge is 0.111 e. The highest BCUT2D eigenvalue weighted by Crippen LogP contribution is 2.03. The Hall–Kier alpha value is -0.320. The molecule has 0 aromatic carbocycles.